The molecular weight excluding hydrogens is 232 g/mol. The Morgan fingerprint density at radius 3 is 2.11 bits per heavy atom. The predicted octanol–water partition coefficient (Wildman–Crippen LogP) is 4.96. The first-order valence-corrected chi connectivity index (χ1v) is 6.98. The second-order valence-electron chi connectivity index (χ2n) is 7.06. The highest BCUT2D eigenvalue weighted by Gasteiger charge is 2.28. The van der Waals surface area contributed by atoms with E-state index in [9.17, 15) is 0 Å². The van der Waals surface area contributed by atoms with Gasteiger partial charge in [-0.15, -0.1) is 0 Å². The maximum absolute atomic E-state index is 5.32. The van der Waals surface area contributed by atoms with Crippen LogP contribution in [-0.4, -0.2) is 13.7 Å². The largest absolute Gasteiger partial charge is 0.384 e. The summed E-state index contributed by atoms with van der Waals surface area (Å²) in [5.41, 5.74) is 3.07. The fourth-order valence-electron chi connectivity index (χ4n) is 3.12. The third-order valence-electron chi connectivity index (χ3n) is 3.39. The summed E-state index contributed by atoms with van der Waals surface area (Å²) >= 11 is 0. The Kier molecular flexibility index (Phi) is 5.37. The number of ether oxygens (including phenoxy) is 1. The average Bonchev–Trinajstić information content (AvgIpc) is 2.27. The summed E-state index contributed by atoms with van der Waals surface area (Å²) in [4.78, 5) is 0. The third kappa shape index (κ3) is 5.61. The minimum Gasteiger partial charge on any atom is -0.384 e. The van der Waals surface area contributed by atoms with Gasteiger partial charge in [-0.2, -0.15) is 0 Å². The molecule has 106 valence electrons. The summed E-state index contributed by atoms with van der Waals surface area (Å²) in [6.07, 6.45) is 4.13. The van der Waals surface area contributed by atoms with Gasteiger partial charge in [0, 0.05) is 7.11 Å². The highest BCUT2D eigenvalue weighted by Crippen LogP contribution is 2.36. The van der Waals surface area contributed by atoms with Gasteiger partial charge in [-0.25, -0.2) is 0 Å². The van der Waals surface area contributed by atoms with E-state index in [2.05, 4.69) is 58.5 Å². The highest BCUT2D eigenvalue weighted by atomic mass is 16.5. The first kappa shape index (κ1) is 16.0. The van der Waals surface area contributed by atoms with Gasteiger partial charge in [-0.3, -0.25) is 0 Å². The minimum absolute atomic E-state index is 0.222. The van der Waals surface area contributed by atoms with Crippen molar-refractivity contribution in [2.45, 2.75) is 40.5 Å². The molecule has 0 saturated carbocycles. The van der Waals surface area contributed by atoms with Gasteiger partial charge in [-0.1, -0.05) is 64.6 Å². The Morgan fingerprint density at radius 1 is 1.05 bits per heavy atom. The molecule has 0 N–H and O–H groups in total. The van der Waals surface area contributed by atoms with E-state index >= 15 is 0 Å². The van der Waals surface area contributed by atoms with Crippen molar-refractivity contribution in [2.24, 2.45) is 10.8 Å². The Bertz CT molecular complexity index is 398. The van der Waals surface area contributed by atoms with E-state index in [0.29, 0.717) is 0 Å². The van der Waals surface area contributed by atoms with Crippen LogP contribution in [-0.2, 0) is 11.2 Å². The van der Waals surface area contributed by atoms with E-state index in [4.69, 9.17) is 4.74 Å². The lowest BCUT2D eigenvalue weighted by Crippen LogP contribution is -2.28. The van der Waals surface area contributed by atoms with Crippen molar-refractivity contribution in [1.82, 2.24) is 0 Å². The van der Waals surface area contributed by atoms with Gasteiger partial charge in [0.2, 0.25) is 0 Å². The molecule has 0 spiro atoms. The molecule has 0 heterocycles. The topological polar surface area (TPSA) is 9.23 Å². The molecule has 0 saturated heterocycles. The first-order chi connectivity index (χ1) is 8.78. The van der Waals surface area contributed by atoms with Crippen molar-refractivity contribution in [3.63, 3.8) is 0 Å². The van der Waals surface area contributed by atoms with Gasteiger partial charge < -0.3 is 4.74 Å². The van der Waals surface area contributed by atoms with Crippen LogP contribution in [0.25, 0.3) is 6.08 Å². The summed E-state index contributed by atoms with van der Waals surface area (Å²) in [6.45, 7) is 13.8. The second kappa shape index (κ2) is 6.38. The zero-order valence-corrected chi connectivity index (χ0v) is 13.1. The second-order valence-corrected chi connectivity index (χ2v) is 7.06. The van der Waals surface area contributed by atoms with Crippen LogP contribution in [0.15, 0.2) is 30.8 Å². The van der Waals surface area contributed by atoms with Crippen LogP contribution in [0.2, 0.25) is 0 Å². The molecule has 1 aromatic carbocycles. The van der Waals surface area contributed by atoms with Crippen LogP contribution >= 0.6 is 0 Å². The van der Waals surface area contributed by atoms with Gasteiger partial charge in [0.15, 0.2) is 0 Å². The van der Waals surface area contributed by atoms with Gasteiger partial charge in [-0.05, 0) is 34.8 Å². The predicted molar refractivity (Wildman–Crippen MR) is 84.3 cm³/mol. The fraction of sp³-hybridized carbons (Fsp3) is 0.556. The van der Waals surface area contributed by atoms with Crippen LogP contribution < -0.4 is 0 Å². The van der Waals surface area contributed by atoms with Gasteiger partial charge in [0.1, 0.15) is 0 Å². The Labute approximate surface area is 118 Å². The molecule has 0 aromatic heterocycles. The van der Waals surface area contributed by atoms with E-state index in [-0.39, 0.29) is 10.8 Å². The maximum atomic E-state index is 5.32. The number of rotatable bonds is 7. The van der Waals surface area contributed by atoms with E-state index in [1.54, 1.807) is 7.11 Å². The quantitative estimate of drug-likeness (QED) is 0.673. The molecule has 1 rings (SSSR count). The number of hydrogen-bond donors (Lipinski definition) is 0. The lowest BCUT2D eigenvalue weighted by Gasteiger charge is -2.34. The zero-order chi connectivity index (χ0) is 14.5. The monoisotopic (exact) mass is 260 g/mol. The van der Waals surface area contributed by atoms with Crippen molar-refractivity contribution < 1.29 is 4.74 Å². The smallest absolute Gasteiger partial charge is 0.0513 e. The molecule has 1 nitrogen and oxygen atoms in total. The molecule has 0 unspecified atom stereocenters. The zero-order valence-electron chi connectivity index (χ0n) is 13.1. The van der Waals surface area contributed by atoms with E-state index < -0.39 is 0 Å². The molecule has 0 aliphatic rings. The van der Waals surface area contributed by atoms with Gasteiger partial charge >= 0.3 is 0 Å². The van der Waals surface area contributed by atoms with Crippen LogP contribution in [0.1, 0.15) is 45.2 Å². The van der Waals surface area contributed by atoms with Crippen molar-refractivity contribution in [2.75, 3.05) is 13.7 Å². The van der Waals surface area contributed by atoms with E-state index in [0.717, 1.165) is 19.4 Å². The fourth-order valence-corrected chi connectivity index (χ4v) is 3.12. The van der Waals surface area contributed by atoms with Crippen molar-refractivity contribution in [1.29, 1.82) is 0 Å². The number of hydrogen-bond acceptors (Lipinski definition) is 1. The summed E-state index contributed by atoms with van der Waals surface area (Å²) in [6, 6.07) is 8.70. The summed E-state index contributed by atoms with van der Waals surface area (Å²) in [5, 5.41) is 0. The van der Waals surface area contributed by atoms with Crippen LogP contribution in [0.3, 0.4) is 0 Å². The maximum Gasteiger partial charge on any atom is 0.0513 e. The molecule has 1 heteroatoms. The summed E-state index contributed by atoms with van der Waals surface area (Å²) in [5.74, 6) is 0. The summed E-state index contributed by atoms with van der Waals surface area (Å²) < 4.78 is 5.32. The van der Waals surface area contributed by atoms with E-state index in [1.807, 2.05) is 6.08 Å². The van der Waals surface area contributed by atoms with Crippen molar-refractivity contribution in [3.8, 4) is 0 Å². The van der Waals surface area contributed by atoms with Crippen LogP contribution in [0, 0.1) is 10.8 Å². The molecule has 19 heavy (non-hydrogen) atoms. The molecule has 0 aliphatic heterocycles. The third-order valence-corrected chi connectivity index (χ3v) is 3.39. The summed E-state index contributed by atoms with van der Waals surface area (Å²) in [7, 11) is 1.78. The SMILES string of the molecule is C=Cc1ccc(CC(C)(C)CC(C)(C)COC)cc1. The number of methoxy groups -OCH3 is 1. The van der Waals surface area contributed by atoms with Crippen LogP contribution in [0.5, 0.6) is 0 Å². The Balaban J connectivity index is 2.69. The van der Waals surface area contributed by atoms with Crippen molar-refractivity contribution >= 4 is 6.08 Å². The molecular formula is C18H28O. The molecule has 0 bridgehead atoms. The van der Waals surface area contributed by atoms with Crippen molar-refractivity contribution in [3.05, 3.63) is 42.0 Å². The molecule has 1 aromatic rings. The Hall–Kier alpha value is -1.08. The molecule has 0 atom stereocenters. The average molecular weight is 260 g/mol. The van der Waals surface area contributed by atoms with E-state index in [1.165, 1.54) is 11.1 Å². The molecule has 0 fully saturated rings. The normalized spacial score (nSPS) is 12.5. The Morgan fingerprint density at radius 2 is 1.63 bits per heavy atom. The number of benzene rings is 1. The lowest BCUT2D eigenvalue weighted by atomic mass is 9.72. The molecule has 0 amide bonds. The highest BCUT2D eigenvalue weighted by molar-refractivity contribution is 5.47. The van der Waals surface area contributed by atoms with Crippen LogP contribution in [0.4, 0.5) is 0 Å². The standard InChI is InChI=1S/C18H28O/c1-7-15-8-10-16(11-9-15)12-17(2,3)13-18(4,5)14-19-6/h7-11H,1,12-14H2,2-6H3. The first-order valence-electron chi connectivity index (χ1n) is 6.98. The van der Waals surface area contributed by atoms with Gasteiger partial charge in [0.25, 0.3) is 0 Å². The lowest BCUT2D eigenvalue weighted by molar-refractivity contribution is 0.0677. The molecule has 0 aliphatic carbocycles. The molecule has 0 radical (unpaired) electrons. The van der Waals surface area contributed by atoms with Gasteiger partial charge in [0.05, 0.1) is 6.61 Å². The minimum atomic E-state index is 0.222.